The number of nitriles is 1. The van der Waals surface area contributed by atoms with Crippen LogP contribution in [-0.2, 0) is 4.79 Å². The van der Waals surface area contributed by atoms with Crippen molar-refractivity contribution in [2.75, 3.05) is 7.05 Å². The molecule has 0 spiro atoms. The molecule has 0 aromatic rings. The summed E-state index contributed by atoms with van der Waals surface area (Å²) in [5.74, 6) is 1.56. The molecule has 2 aliphatic carbocycles. The number of carbonyl (C=O) groups excluding carboxylic acids is 1. The number of rotatable bonds is 4. The summed E-state index contributed by atoms with van der Waals surface area (Å²) >= 11 is 0. The SMILES string of the molecule is CN(C(=O)CC1CCCC1)C1CCC(CC#N)CC1. The number of nitrogens with zero attached hydrogens (tertiary/aromatic N) is 2. The Morgan fingerprint density at radius 1 is 1.11 bits per heavy atom. The van der Waals surface area contributed by atoms with Gasteiger partial charge >= 0.3 is 0 Å². The number of hydrogen-bond donors (Lipinski definition) is 0. The Labute approximate surface area is 117 Å². The van der Waals surface area contributed by atoms with Gasteiger partial charge in [-0.25, -0.2) is 0 Å². The van der Waals surface area contributed by atoms with Gasteiger partial charge in [0.05, 0.1) is 6.07 Å². The van der Waals surface area contributed by atoms with Crippen molar-refractivity contribution >= 4 is 5.91 Å². The highest BCUT2D eigenvalue weighted by Crippen LogP contribution is 2.31. The number of carbonyl (C=O) groups is 1. The molecule has 2 aliphatic rings. The second kappa shape index (κ2) is 6.93. The first-order valence-corrected chi connectivity index (χ1v) is 7.83. The van der Waals surface area contributed by atoms with Crippen molar-refractivity contribution in [2.24, 2.45) is 11.8 Å². The van der Waals surface area contributed by atoms with Gasteiger partial charge in [-0.2, -0.15) is 5.26 Å². The van der Waals surface area contributed by atoms with Crippen LogP contribution in [0.2, 0.25) is 0 Å². The summed E-state index contributed by atoms with van der Waals surface area (Å²) in [4.78, 5) is 14.3. The molecule has 19 heavy (non-hydrogen) atoms. The predicted octanol–water partition coefficient (Wildman–Crippen LogP) is 3.50. The molecular formula is C16H26N2O. The first-order chi connectivity index (χ1) is 9.20. The van der Waals surface area contributed by atoms with E-state index in [1.165, 1.54) is 25.7 Å². The lowest BCUT2D eigenvalue weighted by molar-refractivity contribution is -0.133. The summed E-state index contributed by atoms with van der Waals surface area (Å²) in [5, 5.41) is 8.73. The summed E-state index contributed by atoms with van der Waals surface area (Å²) in [6, 6.07) is 2.69. The quantitative estimate of drug-likeness (QED) is 0.778. The van der Waals surface area contributed by atoms with Crippen molar-refractivity contribution in [1.82, 2.24) is 4.90 Å². The van der Waals surface area contributed by atoms with Crippen LogP contribution in [0.5, 0.6) is 0 Å². The average molecular weight is 262 g/mol. The topological polar surface area (TPSA) is 44.1 Å². The van der Waals surface area contributed by atoms with Crippen LogP contribution in [0, 0.1) is 23.2 Å². The Kier molecular flexibility index (Phi) is 5.24. The van der Waals surface area contributed by atoms with Gasteiger partial charge in [-0.3, -0.25) is 4.79 Å². The van der Waals surface area contributed by atoms with E-state index in [-0.39, 0.29) is 0 Å². The van der Waals surface area contributed by atoms with Crippen LogP contribution in [0.25, 0.3) is 0 Å². The van der Waals surface area contributed by atoms with E-state index in [1.807, 2.05) is 11.9 Å². The van der Waals surface area contributed by atoms with Crippen LogP contribution in [0.15, 0.2) is 0 Å². The zero-order valence-corrected chi connectivity index (χ0v) is 12.1. The predicted molar refractivity (Wildman–Crippen MR) is 75.3 cm³/mol. The summed E-state index contributed by atoms with van der Waals surface area (Å²) < 4.78 is 0. The molecule has 2 saturated carbocycles. The molecule has 0 saturated heterocycles. The molecule has 0 heterocycles. The van der Waals surface area contributed by atoms with Crippen molar-refractivity contribution in [2.45, 2.75) is 70.3 Å². The van der Waals surface area contributed by atoms with Crippen LogP contribution in [0.1, 0.15) is 64.2 Å². The Bertz CT molecular complexity index is 333. The van der Waals surface area contributed by atoms with Crippen molar-refractivity contribution in [3.63, 3.8) is 0 Å². The normalized spacial score (nSPS) is 28.0. The van der Waals surface area contributed by atoms with Crippen molar-refractivity contribution in [3.05, 3.63) is 0 Å². The highest BCUT2D eigenvalue weighted by atomic mass is 16.2. The molecule has 3 heteroatoms. The molecule has 0 atom stereocenters. The van der Waals surface area contributed by atoms with Gasteiger partial charge in [0.25, 0.3) is 0 Å². The zero-order chi connectivity index (χ0) is 13.7. The standard InChI is InChI=1S/C16H26N2O/c1-18(16(19)12-14-4-2-3-5-14)15-8-6-13(7-9-15)10-11-17/h13-15H,2-10,12H2,1H3. The fourth-order valence-electron chi connectivity index (χ4n) is 3.67. The molecule has 106 valence electrons. The van der Waals surface area contributed by atoms with Gasteiger partial charge in [0, 0.05) is 25.9 Å². The number of amides is 1. The molecular weight excluding hydrogens is 236 g/mol. The third-order valence-electron chi connectivity index (χ3n) is 5.08. The molecule has 0 aromatic carbocycles. The van der Waals surface area contributed by atoms with Crippen LogP contribution in [0.3, 0.4) is 0 Å². The fourth-order valence-corrected chi connectivity index (χ4v) is 3.67. The van der Waals surface area contributed by atoms with E-state index in [9.17, 15) is 4.79 Å². The highest BCUT2D eigenvalue weighted by Gasteiger charge is 2.28. The minimum absolute atomic E-state index is 0.343. The Balaban J connectivity index is 1.75. The second-order valence-electron chi connectivity index (χ2n) is 6.40. The van der Waals surface area contributed by atoms with Gasteiger partial charge in [-0.15, -0.1) is 0 Å². The van der Waals surface area contributed by atoms with Gasteiger partial charge < -0.3 is 4.90 Å². The van der Waals surface area contributed by atoms with E-state index in [4.69, 9.17) is 5.26 Å². The van der Waals surface area contributed by atoms with Crippen LogP contribution in [0.4, 0.5) is 0 Å². The van der Waals surface area contributed by atoms with E-state index in [0.717, 1.165) is 32.1 Å². The van der Waals surface area contributed by atoms with Crippen LogP contribution in [-0.4, -0.2) is 23.9 Å². The Morgan fingerprint density at radius 2 is 1.74 bits per heavy atom. The maximum absolute atomic E-state index is 12.3. The average Bonchev–Trinajstić information content (AvgIpc) is 2.92. The van der Waals surface area contributed by atoms with E-state index in [1.54, 1.807) is 0 Å². The molecule has 0 aromatic heterocycles. The van der Waals surface area contributed by atoms with Crippen LogP contribution < -0.4 is 0 Å². The summed E-state index contributed by atoms with van der Waals surface area (Å²) in [7, 11) is 1.98. The smallest absolute Gasteiger partial charge is 0.222 e. The molecule has 0 unspecified atom stereocenters. The van der Waals surface area contributed by atoms with E-state index in [2.05, 4.69) is 6.07 Å². The van der Waals surface area contributed by atoms with Gasteiger partial charge in [-0.05, 0) is 50.4 Å². The van der Waals surface area contributed by atoms with E-state index < -0.39 is 0 Å². The molecule has 2 rings (SSSR count). The molecule has 2 fully saturated rings. The summed E-state index contributed by atoms with van der Waals surface area (Å²) in [6.45, 7) is 0. The molecule has 0 N–H and O–H groups in total. The maximum atomic E-state index is 12.3. The lowest BCUT2D eigenvalue weighted by atomic mass is 9.84. The van der Waals surface area contributed by atoms with Crippen molar-refractivity contribution in [3.8, 4) is 6.07 Å². The molecule has 1 amide bonds. The third kappa shape index (κ3) is 3.96. The van der Waals surface area contributed by atoms with Crippen molar-refractivity contribution < 1.29 is 4.79 Å². The first kappa shape index (κ1) is 14.4. The molecule has 0 aliphatic heterocycles. The van der Waals surface area contributed by atoms with Gasteiger partial charge in [-0.1, -0.05) is 12.8 Å². The maximum Gasteiger partial charge on any atom is 0.222 e. The summed E-state index contributed by atoms with van der Waals surface area (Å²) in [5.41, 5.74) is 0. The fraction of sp³-hybridized carbons (Fsp3) is 0.875. The molecule has 3 nitrogen and oxygen atoms in total. The van der Waals surface area contributed by atoms with E-state index >= 15 is 0 Å². The van der Waals surface area contributed by atoms with E-state index in [0.29, 0.717) is 30.2 Å². The van der Waals surface area contributed by atoms with Crippen molar-refractivity contribution in [1.29, 1.82) is 5.26 Å². The minimum Gasteiger partial charge on any atom is -0.343 e. The zero-order valence-electron chi connectivity index (χ0n) is 12.1. The van der Waals surface area contributed by atoms with Gasteiger partial charge in [0.15, 0.2) is 0 Å². The second-order valence-corrected chi connectivity index (χ2v) is 6.40. The minimum atomic E-state index is 0.343. The highest BCUT2D eigenvalue weighted by molar-refractivity contribution is 5.76. The molecule has 0 bridgehead atoms. The Morgan fingerprint density at radius 3 is 2.32 bits per heavy atom. The lowest BCUT2D eigenvalue weighted by Gasteiger charge is -2.34. The molecule has 0 radical (unpaired) electrons. The van der Waals surface area contributed by atoms with Gasteiger partial charge in [0.2, 0.25) is 5.91 Å². The van der Waals surface area contributed by atoms with Gasteiger partial charge in [0.1, 0.15) is 0 Å². The summed E-state index contributed by atoms with van der Waals surface area (Å²) in [6.07, 6.45) is 10.9. The largest absolute Gasteiger partial charge is 0.343 e. The number of hydrogen-bond acceptors (Lipinski definition) is 2. The lowest BCUT2D eigenvalue weighted by Crippen LogP contribution is -2.40. The monoisotopic (exact) mass is 262 g/mol. The van der Waals surface area contributed by atoms with Crippen LogP contribution >= 0.6 is 0 Å². The third-order valence-corrected chi connectivity index (χ3v) is 5.08. The Hall–Kier alpha value is -1.04. The first-order valence-electron chi connectivity index (χ1n) is 7.83.